The van der Waals surface area contributed by atoms with Crippen LogP contribution in [-0.4, -0.2) is 158 Å². The molecule has 430 valence electrons. The number of nitrogens with one attached hydrogen (secondary N) is 3. The number of amides is 3. The van der Waals surface area contributed by atoms with E-state index in [2.05, 4.69) is 52.1 Å². The summed E-state index contributed by atoms with van der Waals surface area (Å²) in [5, 5.41) is 17.4. The van der Waals surface area contributed by atoms with Gasteiger partial charge in [0.2, 0.25) is 17.8 Å². The Morgan fingerprint density at radius 2 is 1.52 bits per heavy atom. The smallest absolute Gasteiger partial charge is 0.407 e. The normalized spacial score (nSPS) is 18.8. The molecule has 3 aliphatic rings. The number of hydrazine groups is 1. The summed E-state index contributed by atoms with van der Waals surface area (Å²) in [7, 11) is 1.99. The molecule has 3 fully saturated rings. The molecule has 18 nitrogen and oxygen atoms in total. The summed E-state index contributed by atoms with van der Waals surface area (Å²) < 4.78 is 116. The number of nitrogens with two attached hydrogens (primary N) is 1. The van der Waals surface area contributed by atoms with Gasteiger partial charge in [-0.2, -0.15) is 13.2 Å². The van der Waals surface area contributed by atoms with E-state index >= 15 is 8.78 Å². The van der Waals surface area contributed by atoms with Gasteiger partial charge in [-0.1, -0.05) is 44.7 Å². The predicted molar refractivity (Wildman–Crippen MR) is 277 cm³/mol. The SMILES string of the molecule is COC(=O)C[C@H](C(=O)NN(Cc1c(F)cc(C(N)=CC=NCC(F)F)cc1F)C[C@H](O)[C@H](Cc1ccc(C#Cc2cnc(N3CC4CCC(C3)N4C3COC3)nc2)cc1)NC(=O)[C@@H](NC(=O)OC)C(C)(C)C(F)(F)F)C(C)(C)C. The first-order valence-electron chi connectivity index (χ1n) is 25.5. The molecule has 2 aromatic carbocycles. The zero-order valence-electron chi connectivity index (χ0n) is 44.9. The van der Waals surface area contributed by atoms with Crippen LogP contribution < -0.4 is 26.7 Å². The van der Waals surface area contributed by atoms with Crippen molar-refractivity contribution in [1.29, 1.82) is 0 Å². The highest BCUT2D eigenvalue weighted by Gasteiger charge is 2.56. The number of halogens is 7. The number of anilines is 1. The second-order valence-corrected chi connectivity index (χ2v) is 21.3. The molecule has 1 aromatic heterocycles. The van der Waals surface area contributed by atoms with Gasteiger partial charge in [0.15, 0.2) is 0 Å². The number of benzene rings is 2. The van der Waals surface area contributed by atoms with Gasteiger partial charge in [0.05, 0.1) is 75.5 Å². The lowest BCUT2D eigenvalue weighted by atomic mass is 9.78. The summed E-state index contributed by atoms with van der Waals surface area (Å²) >= 11 is 0. The third-order valence-corrected chi connectivity index (χ3v) is 14.3. The highest BCUT2D eigenvalue weighted by atomic mass is 19.4. The van der Waals surface area contributed by atoms with Gasteiger partial charge >= 0.3 is 18.2 Å². The quantitative estimate of drug-likeness (QED) is 0.0300. The van der Waals surface area contributed by atoms with E-state index in [4.69, 9.17) is 15.2 Å². The van der Waals surface area contributed by atoms with Crippen molar-refractivity contribution >= 4 is 41.7 Å². The molecule has 4 heterocycles. The van der Waals surface area contributed by atoms with Crippen molar-refractivity contribution in [3.63, 3.8) is 0 Å². The van der Waals surface area contributed by atoms with E-state index in [0.29, 0.717) is 54.6 Å². The Hall–Kier alpha value is -6.88. The molecule has 3 amide bonds. The fourth-order valence-electron chi connectivity index (χ4n) is 9.49. The summed E-state index contributed by atoms with van der Waals surface area (Å²) in [4.78, 5) is 70.6. The van der Waals surface area contributed by atoms with Crippen molar-refractivity contribution in [2.45, 2.75) is 116 Å². The first kappa shape index (κ1) is 61.3. The molecule has 6 N–H and O–H groups in total. The monoisotopic (exact) mass is 1120 g/mol. The Morgan fingerprint density at radius 3 is 2.05 bits per heavy atom. The molecule has 0 spiro atoms. The standard InChI is InChI=1S/C54H67F7N10O8/c1-52(2,3)39(21-46(73)77-6)48(74)68-70(27-38-40(55)19-34(20-41(38)56)42(62)16-17-63-24-45(57)58)28-44(72)43(66-49(75)47(67-51(76)78-7)53(4,5)54(59,60)61)18-32-11-8-31(9-12-32)10-13-33-22-64-50(65-23-33)69-25-35-14-15-36(26-69)71(35)37-29-79-30-37/h8-9,11-12,16-17,19-20,22-23,35-37,39,43-45,47,72H,14-15,18,21,24-30,62H2,1-7H3,(H,66,75)(H,67,76)(H,68,74)/t35?,36?,39-,43+,44+,47-/m1/s1. The van der Waals surface area contributed by atoms with Gasteiger partial charge in [0.25, 0.3) is 6.43 Å². The molecule has 3 saturated heterocycles. The number of esters is 1. The number of aromatic nitrogens is 2. The summed E-state index contributed by atoms with van der Waals surface area (Å²) in [6, 6.07) is 5.41. The number of hydrogen-bond acceptors (Lipinski definition) is 15. The van der Waals surface area contributed by atoms with E-state index in [1.807, 2.05) is 5.32 Å². The van der Waals surface area contributed by atoms with Crippen LogP contribution in [0.3, 0.4) is 0 Å². The number of piperazine rings is 1. The zero-order chi connectivity index (χ0) is 58.0. The summed E-state index contributed by atoms with van der Waals surface area (Å²) in [6.45, 7) is 6.92. The molecule has 6 atom stereocenters. The zero-order valence-corrected chi connectivity index (χ0v) is 44.9. The fraction of sp³-hybridized carbons (Fsp3) is 0.537. The van der Waals surface area contributed by atoms with Crippen LogP contribution in [-0.2, 0) is 41.6 Å². The average Bonchev–Trinajstić information content (AvgIpc) is 3.95. The van der Waals surface area contributed by atoms with E-state index in [1.54, 1.807) is 57.4 Å². The number of aliphatic hydroxyl groups is 1. The van der Waals surface area contributed by atoms with Gasteiger partial charge in [0, 0.05) is 79.3 Å². The van der Waals surface area contributed by atoms with Gasteiger partial charge in [-0.25, -0.2) is 37.3 Å². The number of allylic oxidation sites excluding steroid dienone is 1. The van der Waals surface area contributed by atoms with Crippen LogP contribution >= 0.6 is 0 Å². The number of nitrogens with zero attached hydrogens (tertiary/aromatic N) is 6. The van der Waals surface area contributed by atoms with Crippen molar-refractivity contribution in [3.8, 4) is 11.8 Å². The number of aliphatic hydroxyl groups excluding tert-OH is 1. The van der Waals surface area contributed by atoms with E-state index in [9.17, 15) is 46.2 Å². The minimum atomic E-state index is -5.09. The number of rotatable bonds is 21. The number of aliphatic imine (C=N–C) groups is 1. The van der Waals surface area contributed by atoms with Crippen LogP contribution in [0.1, 0.15) is 81.7 Å². The second kappa shape index (κ2) is 26.4. The third kappa shape index (κ3) is 16.1. The van der Waals surface area contributed by atoms with Crippen LogP contribution in [0.4, 0.5) is 41.5 Å². The van der Waals surface area contributed by atoms with Crippen LogP contribution in [0.25, 0.3) is 5.70 Å². The van der Waals surface area contributed by atoms with Crippen LogP contribution in [0.2, 0.25) is 0 Å². The minimum Gasteiger partial charge on any atom is -0.469 e. The number of ether oxygens (including phenoxy) is 3. The molecular formula is C54H67F7N10O8. The molecule has 0 aliphatic carbocycles. The predicted octanol–water partition coefficient (Wildman–Crippen LogP) is 5.30. The van der Waals surface area contributed by atoms with Gasteiger partial charge < -0.3 is 40.6 Å². The maximum Gasteiger partial charge on any atom is 0.407 e. The molecule has 79 heavy (non-hydrogen) atoms. The van der Waals surface area contributed by atoms with Crippen molar-refractivity contribution in [3.05, 3.63) is 94.3 Å². The second-order valence-electron chi connectivity index (χ2n) is 21.3. The number of carbonyl (C=O) groups is 4. The molecule has 3 aromatic rings. The molecule has 2 unspecified atom stereocenters. The maximum absolute atomic E-state index is 16.0. The Labute approximate surface area is 453 Å². The highest BCUT2D eigenvalue weighted by Crippen LogP contribution is 2.41. The van der Waals surface area contributed by atoms with Crippen molar-refractivity contribution in [2.24, 2.45) is 27.5 Å². The average molecular weight is 1120 g/mol. The first-order valence-corrected chi connectivity index (χ1v) is 25.5. The van der Waals surface area contributed by atoms with E-state index in [0.717, 1.165) is 82.8 Å². The van der Waals surface area contributed by atoms with Crippen molar-refractivity contribution < 1.29 is 69.2 Å². The number of methoxy groups -OCH3 is 2. The molecular weight excluding hydrogens is 1050 g/mol. The molecule has 25 heteroatoms. The van der Waals surface area contributed by atoms with Gasteiger partial charge in [-0.3, -0.25) is 29.7 Å². The number of fused-ring (bicyclic) bond motifs is 2. The van der Waals surface area contributed by atoms with Gasteiger partial charge in [-0.05, 0) is 74.4 Å². The highest BCUT2D eigenvalue weighted by molar-refractivity contribution is 5.87. The summed E-state index contributed by atoms with van der Waals surface area (Å²) in [5.74, 6) is 0.0426. The third-order valence-electron chi connectivity index (χ3n) is 14.3. The lowest BCUT2D eigenvalue weighted by molar-refractivity contribution is -0.220. The molecule has 6 rings (SSSR count). The summed E-state index contributed by atoms with van der Waals surface area (Å²) in [5.41, 5.74) is 4.89. The van der Waals surface area contributed by atoms with E-state index in [1.165, 1.54) is 0 Å². The van der Waals surface area contributed by atoms with Crippen LogP contribution in [0.5, 0.6) is 0 Å². The first-order chi connectivity index (χ1) is 37.2. The number of carbonyl (C=O) groups excluding carboxylic acids is 4. The Morgan fingerprint density at radius 1 is 0.911 bits per heavy atom. The summed E-state index contributed by atoms with van der Waals surface area (Å²) in [6.07, 6.45) is -4.42. The Balaban J connectivity index is 1.28. The Kier molecular flexibility index (Phi) is 20.5. The van der Waals surface area contributed by atoms with E-state index in [-0.39, 0.29) is 17.7 Å². The van der Waals surface area contributed by atoms with Crippen molar-refractivity contribution in [2.75, 3.05) is 58.5 Å². The molecule has 2 bridgehead atoms. The van der Waals surface area contributed by atoms with Crippen molar-refractivity contribution in [1.82, 2.24) is 35.9 Å². The molecule has 0 saturated carbocycles. The van der Waals surface area contributed by atoms with Crippen LogP contribution in [0, 0.1) is 40.2 Å². The number of alkyl carbamates (subject to hydrolysis) is 1. The maximum atomic E-state index is 16.0. The lowest BCUT2D eigenvalue weighted by Gasteiger charge is -2.47. The fourth-order valence-corrected chi connectivity index (χ4v) is 9.49. The Bertz CT molecular complexity index is 2710. The molecule has 3 aliphatic heterocycles. The minimum absolute atomic E-state index is 0.213. The number of hydrogen-bond donors (Lipinski definition) is 5. The van der Waals surface area contributed by atoms with Gasteiger partial charge in [0.1, 0.15) is 17.7 Å². The number of alkyl halides is 5. The van der Waals surface area contributed by atoms with E-state index < -0.39 is 115 Å². The topological polar surface area (TPSA) is 226 Å². The largest absolute Gasteiger partial charge is 0.469 e. The van der Waals surface area contributed by atoms with Crippen LogP contribution in [0.15, 0.2) is 59.9 Å². The molecule has 0 radical (unpaired) electrons. The van der Waals surface area contributed by atoms with Gasteiger partial charge in [-0.15, -0.1) is 0 Å². The lowest BCUT2D eigenvalue weighted by Crippen LogP contribution is -2.62.